The number of ether oxygens (including phenoxy) is 1. The Balaban J connectivity index is 0.000000223. The molecule has 1 fully saturated rings. The maximum absolute atomic E-state index is 12.1. The Bertz CT molecular complexity index is 643. The molecule has 3 rings (SSSR count). The number of thioether (sulfide) groups is 1. The highest BCUT2D eigenvalue weighted by atomic mass is 32.2. The monoisotopic (exact) mass is 419 g/mol. The standard InChI is InChI=1S/C10H13NO.C7H7F.C7H14OS/c1-3-9-5-6-11(8-12)7-10(9)4-2;1-6-2-4-7(8)5-3-6;1-6-3-4-7(9-2)5-8-6/h3-4,8H,1-2,5-7H2;2-5H,1H3;6-7H,3-5H2,1-2H3/t;;6-,7-/m..0/s1. The fourth-order valence-electron chi connectivity index (χ4n) is 2.92. The number of halogens is 1. The molecule has 0 saturated carbocycles. The van der Waals surface area contributed by atoms with Crippen molar-refractivity contribution >= 4 is 18.2 Å². The van der Waals surface area contributed by atoms with Crippen LogP contribution in [0.1, 0.15) is 31.7 Å². The highest BCUT2D eigenvalue weighted by Gasteiger charge is 2.16. The summed E-state index contributed by atoms with van der Waals surface area (Å²) < 4.78 is 17.5. The fourth-order valence-corrected chi connectivity index (χ4v) is 3.51. The molecular weight excluding hydrogens is 385 g/mol. The summed E-state index contributed by atoms with van der Waals surface area (Å²) in [5.74, 6) is -0.171. The van der Waals surface area contributed by atoms with Gasteiger partial charge in [-0.3, -0.25) is 4.79 Å². The van der Waals surface area contributed by atoms with Crippen molar-refractivity contribution in [1.29, 1.82) is 0 Å². The maximum Gasteiger partial charge on any atom is 0.210 e. The zero-order valence-electron chi connectivity index (χ0n) is 17.9. The van der Waals surface area contributed by atoms with Gasteiger partial charge in [0.2, 0.25) is 6.41 Å². The van der Waals surface area contributed by atoms with Crippen LogP contribution < -0.4 is 0 Å². The van der Waals surface area contributed by atoms with Crippen LogP contribution in [0, 0.1) is 12.7 Å². The molecule has 2 aliphatic rings. The van der Waals surface area contributed by atoms with Crippen LogP contribution in [0.4, 0.5) is 4.39 Å². The smallest absolute Gasteiger partial charge is 0.210 e. The van der Waals surface area contributed by atoms with E-state index in [2.05, 4.69) is 26.3 Å². The lowest BCUT2D eigenvalue weighted by molar-refractivity contribution is -0.117. The Morgan fingerprint density at radius 2 is 1.83 bits per heavy atom. The summed E-state index contributed by atoms with van der Waals surface area (Å²) in [5.41, 5.74) is 3.41. The summed E-state index contributed by atoms with van der Waals surface area (Å²) in [5, 5.41) is 0.765. The number of carbonyl (C=O) groups is 1. The van der Waals surface area contributed by atoms with Gasteiger partial charge in [0.1, 0.15) is 5.82 Å². The number of carbonyl (C=O) groups excluding carboxylic acids is 1. The molecule has 5 heteroatoms. The largest absolute Gasteiger partial charge is 0.377 e. The van der Waals surface area contributed by atoms with Crippen LogP contribution in [0.5, 0.6) is 0 Å². The molecule has 160 valence electrons. The molecule has 2 atom stereocenters. The van der Waals surface area contributed by atoms with Crippen LogP contribution in [-0.2, 0) is 9.53 Å². The molecule has 1 aromatic rings. The zero-order valence-corrected chi connectivity index (χ0v) is 18.7. The van der Waals surface area contributed by atoms with E-state index in [1.165, 1.54) is 30.5 Å². The molecule has 0 aliphatic carbocycles. The first-order valence-corrected chi connectivity index (χ1v) is 11.2. The Morgan fingerprint density at radius 3 is 2.28 bits per heavy atom. The van der Waals surface area contributed by atoms with Crippen molar-refractivity contribution in [3.8, 4) is 0 Å². The van der Waals surface area contributed by atoms with E-state index in [4.69, 9.17) is 4.74 Å². The Hall–Kier alpha value is -1.85. The van der Waals surface area contributed by atoms with Gasteiger partial charge in [-0.15, -0.1) is 0 Å². The number of rotatable bonds is 4. The molecule has 1 saturated heterocycles. The number of allylic oxidation sites excluding steroid dienone is 1. The molecule has 2 heterocycles. The molecule has 0 radical (unpaired) electrons. The predicted molar refractivity (Wildman–Crippen MR) is 123 cm³/mol. The van der Waals surface area contributed by atoms with Gasteiger partial charge in [-0.1, -0.05) is 43.0 Å². The third-order valence-corrected chi connectivity index (χ3v) is 5.94. The lowest BCUT2D eigenvalue weighted by Crippen LogP contribution is -2.29. The van der Waals surface area contributed by atoms with Gasteiger partial charge in [-0.05, 0) is 62.6 Å². The number of hydrogen-bond acceptors (Lipinski definition) is 3. The number of amides is 1. The molecule has 0 unspecified atom stereocenters. The van der Waals surface area contributed by atoms with Crippen molar-refractivity contribution in [2.75, 3.05) is 26.0 Å². The zero-order chi connectivity index (χ0) is 21.6. The minimum Gasteiger partial charge on any atom is -0.377 e. The van der Waals surface area contributed by atoms with Crippen molar-refractivity contribution in [2.24, 2.45) is 0 Å². The topological polar surface area (TPSA) is 29.5 Å². The molecule has 1 amide bonds. The Kier molecular flexibility index (Phi) is 12.3. The molecule has 0 spiro atoms. The average Bonchev–Trinajstić information content (AvgIpc) is 2.76. The van der Waals surface area contributed by atoms with Gasteiger partial charge in [0.15, 0.2) is 0 Å². The summed E-state index contributed by atoms with van der Waals surface area (Å²) in [6.45, 7) is 13.9. The summed E-state index contributed by atoms with van der Waals surface area (Å²) in [4.78, 5) is 12.2. The SMILES string of the molecule is C=CC1=C(C=C)CN(C=O)CC1.CS[C@H]1CC[C@H](C)OC1.Cc1ccc(F)cc1. The third kappa shape index (κ3) is 9.95. The van der Waals surface area contributed by atoms with Gasteiger partial charge < -0.3 is 9.64 Å². The van der Waals surface area contributed by atoms with Crippen LogP contribution in [-0.4, -0.2) is 48.6 Å². The van der Waals surface area contributed by atoms with Crippen molar-refractivity contribution in [2.45, 2.75) is 44.5 Å². The average molecular weight is 420 g/mol. The fraction of sp³-hybridized carbons (Fsp3) is 0.458. The molecule has 29 heavy (non-hydrogen) atoms. The minimum atomic E-state index is -0.171. The summed E-state index contributed by atoms with van der Waals surface area (Å²) >= 11 is 1.92. The van der Waals surface area contributed by atoms with Crippen molar-refractivity contribution < 1.29 is 13.9 Å². The van der Waals surface area contributed by atoms with Gasteiger partial charge in [-0.2, -0.15) is 11.8 Å². The van der Waals surface area contributed by atoms with Gasteiger partial charge in [0, 0.05) is 18.3 Å². The number of aryl methyl sites for hydroxylation is 1. The van der Waals surface area contributed by atoms with E-state index < -0.39 is 0 Å². The van der Waals surface area contributed by atoms with Crippen molar-refractivity contribution in [1.82, 2.24) is 4.90 Å². The second-order valence-corrected chi connectivity index (χ2v) is 8.30. The third-order valence-electron chi connectivity index (χ3n) is 4.90. The molecule has 1 aromatic carbocycles. The highest BCUT2D eigenvalue weighted by molar-refractivity contribution is 7.99. The second kappa shape index (κ2) is 14.2. The quantitative estimate of drug-likeness (QED) is 0.598. The minimum absolute atomic E-state index is 0.171. The van der Waals surface area contributed by atoms with Crippen LogP contribution in [0.3, 0.4) is 0 Å². The second-order valence-electron chi connectivity index (χ2n) is 7.16. The van der Waals surface area contributed by atoms with Crippen LogP contribution in [0.15, 0.2) is 60.7 Å². The van der Waals surface area contributed by atoms with E-state index in [-0.39, 0.29) is 5.82 Å². The summed E-state index contributed by atoms with van der Waals surface area (Å²) in [6, 6.07) is 6.40. The van der Waals surface area contributed by atoms with Crippen LogP contribution in [0.25, 0.3) is 0 Å². The molecular formula is C24H34FNO2S. The van der Waals surface area contributed by atoms with E-state index in [9.17, 15) is 9.18 Å². The van der Waals surface area contributed by atoms with Gasteiger partial charge >= 0.3 is 0 Å². The van der Waals surface area contributed by atoms with Gasteiger partial charge in [0.25, 0.3) is 0 Å². The molecule has 0 aromatic heterocycles. The Morgan fingerprint density at radius 1 is 1.17 bits per heavy atom. The van der Waals surface area contributed by atoms with Gasteiger partial charge in [-0.25, -0.2) is 4.39 Å². The predicted octanol–water partition coefficient (Wildman–Crippen LogP) is 5.57. The lowest BCUT2D eigenvalue weighted by Gasteiger charge is -2.25. The lowest BCUT2D eigenvalue weighted by atomic mass is 10.0. The van der Waals surface area contributed by atoms with Crippen LogP contribution >= 0.6 is 11.8 Å². The molecule has 0 N–H and O–H groups in total. The number of hydrogen-bond donors (Lipinski definition) is 0. The first kappa shape index (κ1) is 25.2. The number of nitrogens with zero attached hydrogens (tertiary/aromatic N) is 1. The highest BCUT2D eigenvalue weighted by Crippen LogP contribution is 2.21. The van der Waals surface area contributed by atoms with Crippen molar-refractivity contribution in [3.05, 3.63) is 72.1 Å². The molecule has 3 nitrogen and oxygen atoms in total. The normalized spacial score (nSPS) is 21.2. The van der Waals surface area contributed by atoms with Crippen LogP contribution in [0.2, 0.25) is 0 Å². The molecule has 0 bridgehead atoms. The number of benzene rings is 1. The summed E-state index contributed by atoms with van der Waals surface area (Å²) in [7, 11) is 0. The summed E-state index contributed by atoms with van der Waals surface area (Å²) in [6.07, 6.45) is 10.7. The van der Waals surface area contributed by atoms with E-state index in [1.54, 1.807) is 23.1 Å². The van der Waals surface area contributed by atoms with E-state index in [1.807, 2.05) is 24.8 Å². The van der Waals surface area contributed by atoms with E-state index in [0.717, 1.165) is 42.4 Å². The first-order chi connectivity index (χ1) is 13.9. The molecule has 2 aliphatic heterocycles. The van der Waals surface area contributed by atoms with E-state index in [0.29, 0.717) is 12.6 Å². The van der Waals surface area contributed by atoms with Gasteiger partial charge in [0.05, 0.1) is 12.7 Å². The first-order valence-electron chi connectivity index (χ1n) is 9.96. The Labute approximate surface area is 179 Å². The maximum atomic E-state index is 12.1. The van der Waals surface area contributed by atoms with E-state index >= 15 is 0 Å². The van der Waals surface area contributed by atoms with Crippen molar-refractivity contribution in [3.63, 3.8) is 0 Å².